The van der Waals surface area contributed by atoms with E-state index in [0.717, 1.165) is 17.1 Å². The zero-order valence-corrected chi connectivity index (χ0v) is 11.3. The number of hydrogen-bond acceptors (Lipinski definition) is 6. The second kappa shape index (κ2) is 5.22. The van der Waals surface area contributed by atoms with Gasteiger partial charge in [0.25, 0.3) is 5.89 Å². The molecule has 1 fully saturated rings. The predicted molar refractivity (Wildman–Crippen MR) is 72.2 cm³/mol. The maximum atomic E-state index is 9.70. The summed E-state index contributed by atoms with van der Waals surface area (Å²) in [7, 11) is 0. The zero-order valence-electron chi connectivity index (χ0n) is 10.5. The highest BCUT2D eigenvalue weighted by Crippen LogP contribution is 2.28. The number of phenols is 1. The Hall–Kier alpha value is -1.53. The highest BCUT2D eigenvalue weighted by molar-refractivity contribution is 7.99. The summed E-state index contributed by atoms with van der Waals surface area (Å²) in [5, 5.41) is 13.7. The first-order chi connectivity index (χ1) is 9.24. The van der Waals surface area contributed by atoms with Gasteiger partial charge in [-0.3, -0.25) is 0 Å². The van der Waals surface area contributed by atoms with Crippen molar-refractivity contribution < 1.29 is 14.4 Å². The van der Waals surface area contributed by atoms with Gasteiger partial charge in [-0.25, -0.2) is 0 Å². The molecule has 5 nitrogen and oxygen atoms in total. The van der Waals surface area contributed by atoms with Crippen molar-refractivity contribution in [3.63, 3.8) is 0 Å². The molecule has 0 spiro atoms. The average molecular weight is 278 g/mol. The van der Waals surface area contributed by atoms with E-state index >= 15 is 0 Å². The molecule has 0 bridgehead atoms. The van der Waals surface area contributed by atoms with Gasteiger partial charge < -0.3 is 14.4 Å². The Morgan fingerprint density at radius 2 is 2.32 bits per heavy atom. The number of hydrogen-bond donors (Lipinski definition) is 1. The first-order valence-corrected chi connectivity index (χ1v) is 7.22. The van der Waals surface area contributed by atoms with E-state index in [0.29, 0.717) is 23.9 Å². The van der Waals surface area contributed by atoms with Crippen LogP contribution in [0.4, 0.5) is 0 Å². The third kappa shape index (κ3) is 2.59. The highest BCUT2D eigenvalue weighted by Gasteiger charge is 2.22. The zero-order chi connectivity index (χ0) is 13.2. The van der Waals surface area contributed by atoms with Crippen LogP contribution in [0.3, 0.4) is 0 Å². The Labute approximate surface area is 115 Å². The molecular formula is C13H14N2O3S. The molecule has 1 N–H and O–H groups in total. The quantitative estimate of drug-likeness (QED) is 0.910. The van der Waals surface area contributed by atoms with Crippen LogP contribution in [-0.2, 0) is 4.74 Å². The first-order valence-electron chi connectivity index (χ1n) is 6.07. The molecule has 19 heavy (non-hydrogen) atoms. The van der Waals surface area contributed by atoms with Gasteiger partial charge in [0.1, 0.15) is 11.9 Å². The topological polar surface area (TPSA) is 68.4 Å². The standard InChI is InChI=1S/C13H14N2O3S/c1-8-2-3-9(6-10(8)16)13-14-12(15-18-13)11-7-19-5-4-17-11/h2-3,6,11,16H,4-5,7H2,1H3. The summed E-state index contributed by atoms with van der Waals surface area (Å²) >= 11 is 1.82. The molecule has 1 aliphatic rings. The molecule has 0 radical (unpaired) electrons. The second-order valence-electron chi connectivity index (χ2n) is 4.39. The lowest BCUT2D eigenvalue weighted by Crippen LogP contribution is -2.16. The lowest BCUT2D eigenvalue weighted by atomic mass is 10.1. The minimum absolute atomic E-state index is 0.102. The smallest absolute Gasteiger partial charge is 0.258 e. The lowest BCUT2D eigenvalue weighted by Gasteiger charge is -2.18. The summed E-state index contributed by atoms with van der Waals surface area (Å²) in [5.41, 5.74) is 1.53. The van der Waals surface area contributed by atoms with Crippen LogP contribution in [-0.4, -0.2) is 33.4 Å². The van der Waals surface area contributed by atoms with E-state index in [-0.39, 0.29) is 11.9 Å². The molecule has 0 saturated carbocycles. The largest absolute Gasteiger partial charge is 0.508 e. The van der Waals surface area contributed by atoms with E-state index in [4.69, 9.17) is 9.26 Å². The van der Waals surface area contributed by atoms with E-state index in [1.807, 2.05) is 30.8 Å². The fraction of sp³-hybridized carbons (Fsp3) is 0.385. The fourth-order valence-corrected chi connectivity index (χ4v) is 2.70. The molecule has 1 unspecified atom stereocenters. The predicted octanol–water partition coefficient (Wildman–Crippen LogP) is 2.56. The van der Waals surface area contributed by atoms with Gasteiger partial charge in [0.15, 0.2) is 0 Å². The van der Waals surface area contributed by atoms with E-state index < -0.39 is 0 Å². The van der Waals surface area contributed by atoms with Gasteiger partial charge in [-0.15, -0.1) is 0 Å². The van der Waals surface area contributed by atoms with Crippen LogP contribution in [0.5, 0.6) is 5.75 Å². The second-order valence-corrected chi connectivity index (χ2v) is 5.54. The average Bonchev–Trinajstić information content (AvgIpc) is 2.93. The highest BCUT2D eigenvalue weighted by atomic mass is 32.2. The van der Waals surface area contributed by atoms with Crippen molar-refractivity contribution in [3.05, 3.63) is 29.6 Å². The molecule has 0 aliphatic carbocycles. The van der Waals surface area contributed by atoms with Crippen LogP contribution in [0, 0.1) is 6.92 Å². The van der Waals surface area contributed by atoms with Crippen molar-refractivity contribution in [2.75, 3.05) is 18.1 Å². The molecule has 1 aliphatic heterocycles. The van der Waals surface area contributed by atoms with E-state index in [2.05, 4.69) is 10.1 Å². The number of aromatic nitrogens is 2. The molecule has 1 aromatic heterocycles. The third-order valence-electron chi connectivity index (χ3n) is 3.00. The van der Waals surface area contributed by atoms with Gasteiger partial charge in [-0.2, -0.15) is 16.7 Å². The van der Waals surface area contributed by atoms with Crippen molar-refractivity contribution >= 4 is 11.8 Å². The molecule has 6 heteroatoms. The summed E-state index contributed by atoms with van der Waals surface area (Å²) in [6.45, 7) is 2.55. The van der Waals surface area contributed by atoms with Crippen molar-refractivity contribution in [3.8, 4) is 17.2 Å². The van der Waals surface area contributed by atoms with E-state index in [1.165, 1.54) is 0 Å². The Balaban J connectivity index is 1.85. The number of aryl methyl sites for hydroxylation is 1. The van der Waals surface area contributed by atoms with Crippen molar-refractivity contribution in [2.24, 2.45) is 0 Å². The maximum Gasteiger partial charge on any atom is 0.258 e. The molecule has 2 aromatic rings. The molecule has 1 aromatic carbocycles. The number of rotatable bonds is 2. The normalized spacial score (nSPS) is 19.5. The van der Waals surface area contributed by atoms with Crippen molar-refractivity contribution in [2.45, 2.75) is 13.0 Å². The number of nitrogens with zero attached hydrogens (tertiary/aromatic N) is 2. The molecular weight excluding hydrogens is 264 g/mol. The summed E-state index contributed by atoms with van der Waals surface area (Å²) in [6.07, 6.45) is -0.102. The Kier molecular flexibility index (Phi) is 3.44. The van der Waals surface area contributed by atoms with Gasteiger partial charge in [0.05, 0.1) is 6.61 Å². The molecule has 0 amide bonds. The monoisotopic (exact) mass is 278 g/mol. The number of ether oxygens (including phenoxy) is 1. The first kappa shape index (κ1) is 12.5. The minimum Gasteiger partial charge on any atom is -0.508 e. The summed E-state index contributed by atoms with van der Waals surface area (Å²) in [4.78, 5) is 4.35. The molecule has 3 rings (SSSR count). The molecule has 100 valence electrons. The SMILES string of the molecule is Cc1ccc(-c2nc(C3CSCCO3)no2)cc1O. The lowest BCUT2D eigenvalue weighted by molar-refractivity contribution is 0.0677. The number of aromatic hydroxyl groups is 1. The number of thioether (sulfide) groups is 1. The van der Waals surface area contributed by atoms with Gasteiger partial charge in [-0.1, -0.05) is 11.2 Å². The Morgan fingerprint density at radius 1 is 1.42 bits per heavy atom. The van der Waals surface area contributed by atoms with Gasteiger partial charge in [0, 0.05) is 17.1 Å². The van der Waals surface area contributed by atoms with E-state index in [1.54, 1.807) is 6.07 Å². The fourth-order valence-electron chi connectivity index (χ4n) is 1.86. The Morgan fingerprint density at radius 3 is 3.05 bits per heavy atom. The van der Waals surface area contributed by atoms with Gasteiger partial charge >= 0.3 is 0 Å². The Bertz CT molecular complexity index is 579. The molecule has 2 heterocycles. The van der Waals surface area contributed by atoms with Gasteiger partial charge in [-0.05, 0) is 24.6 Å². The third-order valence-corrected chi connectivity index (χ3v) is 4.00. The summed E-state index contributed by atoms with van der Waals surface area (Å²) in [6, 6.07) is 5.30. The minimum atomic E-state index is -0.102. The van der Waals surface area contributed by atoms with Crippen LogP contribution < -0.4 is 0 Å². The van der Waals surface area contributed by atoms with Gasteiger partial charge in [0.2, 0.25) is 5.82 Å². The summed E-state index contributed by atoms with van der Waals surface area (Å²) in [5.74, 6) is 3.05. The molecule has 1 atom stereocenters. The van der Waals surface area contributed by atoms with Crippen molar-refractivity contribution in [1.29, 1.82) is 0 Å². The van der Waals surface area contributed by atoms with Crippen LogP contribution in [0.25, 0.3) is 11.5 Å². The summed E-state index contributed by atoms with van der Waals surface area (Å²) < 4.78 is 10.8. The van der Waals surface area contributed by atoms with Crippen LogP contribution in [0.1, 0.15) is 17.5 Å². The van der Waals surface area contributed by atoms with E-state index in [9.17, 15) is 5.11 Å². The number of benzene rings is 1. The van der Waals surface area contributed by atoms with Crippen LogP contribution in [0.15, 0.2) is 22.7 Å². The van der Waals surface area contributed by atoms with Crippen molar-refractivity contribution in [1.82, 2.24) is 10.1 Å². The van der Waals surface area contributed by atoms with Crippen LogP contribution in [0.2, 0.25) is 0 Å². The molecule has 1 saturated heterocycles. The number of phenolic OH excluding ortho intramolecular Hbond substituents is 1. The maximum absolute atomic E-state index is 9.70. The van der Waals surface area contributed by atoms with Crippen LogP contribution >= 0.6 is 11.8 Å².